The molecule has 0 aromatic carbocycles. The van der Waals surface area contributed by atoms with Gasteiger partial charge in [-0.05, 0) is 63.2 Å². The van der Waals surface area contributed by atoms with Crippen molar-refractivity contribution in [3.05, 3.63) is 12.2 Å². The summed E-state index contributed by atoms with van der Waals surface area (Å²) in [6.45, 7) is 10.3. The van der Waals surface area contributed by atoms with E-state index in [9.17, 15) is 74.6 Å². The van der Waals surface area contributed by atoms with Crippen molar-refractivity contribution in [2.45, 2.75) is 531 Å². The highest BCUT2D eigenvalue weighted by molar-refractivity contribution is 7.47. The Morgan fingerprint density at radius 1 is 0.347 bits per heavy atom. The Hall–Kier alpha value is -2.79. The molecule has 2 heterocycles. The van der Waals surface area contributed by atoms with Crippen molar-refractivity contribution in [3.63, 3.8) is 0 Å². The molecule has 3 aliphatic rings. The van der Waals surface area contributed by atoms with E-state index in [2.05, 4.69) is 53.7 Å². The Bertz CT molecular complexity index is 2590. The number of hydrogen-bond donors (Lipinski definition) is 10. The van der Waals surface area contributed by atoms with Gasteiger partial charge in [0.15, 0.2) is 24.8 Å². The maximum atomic E-state index is 15.0. The Balaban J connectivity index is 1.92. The summed E-state index contributed by atoms with van der Waals surface area (Å²) < 4.78 is 73.7. The summed E-state index contributed by atoms with van der Waals surface area (Å²) >= 11 is 0. The quantitative estimate of drug-likeness (QED) is 0.00889. The van der Waals surface area contributed by atoms with Gasteiger partial charge in [-0.25, -0.2) is 4.57 Å². The van der Waals surface area contributed by atoms with Gasteiger partial charge < -0.3 is 88.7 Å². The fourth-order valence-corrected chi connectivity index (χ4v) is 17.5. The van der Waals surface area contributed by atoms with Crippen LogP contribution in [0.4, 0.5) is 0 Å². The van der Waals surface area contributed by atoms with Crippen LogP contribution in [0.15, 0.2) is 12.2 Å². The van der Waals surface area contributed by atoms with Gasteiger partial charge >= 0.3 is 31.7 Å². The maximum absolute atomic E-state index is 15.0. The predicted molar refractivity (Wildman–Crippen MR) is 472 cm³/mol. The van der Waals surface area contributed by atoms with Crippen molar-refractivity contribution in [2.24, 2.45) is 11.8 Å². The molecule has 1 saturated carbocycles. The van der Waals surface area contributed by atoms with Crippen molar-refractivity contribution in [2.75, 3.05) is 26.4 Å². The predicted octanol–water partition coefficient (Wildman–Crippen LogP) is 18.8. The van der Waals surface area contributed by atoms with Gasteiger partial charge in [0.1, 0.15) is 92.6 Å². The van der Waals surface area contributed by atoms with Crippen LogP contribution in [0.1, 0.15) is 427 Å². The highest BCUT2D eigenvalue weighted by Gasteiger charge is 2.60. The van der Waals surface area contributed by atoms with Crippen molar-refractivity contribution < 1.29 is 122 Å². The first-order valence-electron chi connectivity index (χ1n) is 49.2. The van der Waals surface area contributed by atoms with Crippen LogP contribution < -0.4 is 0 Å². The summed E-state index contributed by atoms with van der Waals surface area (Å²) in [5, 5.41) is 103. The third-order valence-electron chi connectivity index (χ3n) is 24.6. The first kappa shape index (κ1) is 112. The molecule has 20 atom stereocenters. The molecule has 3 fully saturated rings. The Morgan fingerprint density at radius 3 is 1.07 bits per heavy atom. The number of carbonyl (C=O) groups is 4. The lowest BCUT2D eigenvalue weighted by molar-refractivity contribution is -0.360. The van der Waals surface area contributed by atoms with E-state index in [1.807, 2.05) is 0 Å². The summed E-state index contributed by atoms with van der Waals surface area (Å²) in [6, 6.07) is 0. The van der Waals surface area contributed by atoms with Gasteiger partial charge in [-0.3, -0.25) is 28.2 Å². The fraction of sp³-hybridized carbons (Fsp3) is 0.937. The number of phosphoric ester groups is 1. The van der Waals surface area contributed by atoms with Crippen LogP contribution in [-0.2, 0) is 70.7 Å². The molecule has 712 valence electrons. The SMILES string of the molecule is CCCCCC/C=C\CCCCCCCCCC(=O)OCC1OC(OC2C(OC(=O)CCCCCCCCCCCCCCCCC)C(O)C(O)C(OC3OC(CO)C(O)C(O)C3O)C2OP(=O)(O)OCC(COC(=O)CCCCCCCCC(C)CCCCCCCC)OC(=O)CCCCCCCCC(C)CCCCCCCC)C(O)C(O)C1O. The van der Waals surface area contributed by atoms with Crippen molar-refractivity contribution >= 4 is 31.7 Å². The molecule has 10 N–H and O–H groups in total. The molecule has 3 rings (SSSR count). The number of ether oxygens (including phenoxy) is 8. The molecule has 20 unspecified atom stereocenters. The first-order chi connectivity index (χ1) is 58.5. The summed E-state index contributed by atoms with van der Waals surface area (Å²) in [5.41, 5.74) is 0. The molecule has 0 amide bonds. The molecule has 2 saturated heterocycles. The van der Waals surface area contributed by atoms with Gasteiger partial charge in [0, 0.05) is 25.7 Å². The number of rotatable bonds is 79. The van der Waals surface area contributed by atoms with Crippen LogP contribution in [-0.4, -0.2) is 205 Å². The second-order valence-electron chi connectivity index (χ2n) is 35.8. The molecule has 0 aromatic rings. The number of unbranched alkanes of at least 4 members (excludes halogenated alkanes) is 45. The standard InChI is InChI=1S/C95H177O25P/c1-7-11-15-19-23-25-27-29-31-33-35-37-39-49-58-66-79(98)112-72-77-83(102)85(104)89(108)95(116-77)119-92-90(117-81(100)68-60-51-40-38-36-34-32-30-28-26-24-20-16-12-8-2)86(105)87(106)91(118-94-88(107)84(103)82(101)76(69-96)115-94)93(92)120-121(109,110)113-71-75(114-80(99)67-59-52-44-42-48-56-64-74(6)62-54-46-22-18-14-10-4)70-111-78(97)65-57-50-43-41-47-55-63-73(5)61-53-45-21-17-13-9-3/h25,27,73-77,82-96,101-108H,7-24,26,28-72H2,1-6H3,(H,109,110)/b27-25-. The van der Waals surface area contributed by atoms with Gasteiger partial charge in [-0.1, -0.05) is 362 Å². The third-order valence-corrected chi connectivity index (χ3v) is 25.5. The Morgan fingerprint density at radius 2 is 0.669 bits per heavy atom. The number of aliphatic hydroxyl groups is 9. The molecule has 0 spiro atoms. The molecule has 0 bridgehead atoms. The number of hydrogen-bond acceptors (Lipinski definition) is 24. The minimum absolute atomic E-state index is 0.0104. The van der Waals surface area contributed by atoms with E-state index in [1.165, 1.54) is 180 Å². The molecule has 1 aliphatic carbocycles. The Kier molecular flexibility index (Phi) is 66.9. The summed E-state index contributed by atoms with van der Waals surface area (Å²) in [6.07, 6.45) is 29.0. The number of phosphoric acid groups is 1. The number of carbonyl (C=O) groups excluding carboxylic acids is 4. The maximum Gasteiger partial charge on any atom is 0.472 e. The largest absolute Gasteiger partial charge is 0.472 e. The molecular weight excluding hydrogens is 1570 g/mol. The first-order valence-corrected chi connectivity index (χ1v) is 50.7. The minimum Gasteiger partial charge on any atom is -0.463 e. The third kappa shape index (κ3) is 52.5. The van der Waals surface area contributed by atoms with E-state index >= 15 is 0 Å². The lowest BCUT2D eigenvalue weighted by Gasteiger charge is -2.50. The average Bonchev–Trinajstić information content (AvgIpc) is 0.754. The van der Waals surface area contributed by atoms with Gasteiger partial charge in [-0.2, -0.15) is 0 Å². The van der Waals surface area contributed by atoms with Gasteiger partial charge in [0.25, 0.3) is 0 Å². The van der Waals surface area contributed by atoms with Crippen LogP contribution in [0.25, 0.3) is 0 Å². The lowest BCUT2D eigenvalue weighted by Crippen LogP contribution is -2.70. The van der Waals surface area contributed by atoms with Gasteiger partial charge in [0.05, 0.1) is 13.2 Å². The van der Waals surface area contributed by atoms with Crippen molar-refractivity contribution in [1.29, 1.82) is 0 Å². The van der Waals surface area contributed by atoms with E-state index in [-0.39, 0.29) is 25.7 Å². The highest BCUT2D eigenvalue weighted by Crippen LogP contribution is 2.49. The summed E-state index contributed by atoms with van der Waals surface area (Å²) in [4.78, 5) is 66.7. The van der Waals surface area contributed by atoms with E-state index in [0.717, 1.165) is 148 Å². The molecule has 121 heavy (non-hydrogen) atoms. The number of esters is 4. The van der Waals surface area contributed by atoms with E-state index < -0.39 is 162 Å². The van der Waals surface area contributed by atoms with Gasteiger partial charge in [0.2, 0.25) is 0 Å². The van der Waals surface area contributed by atoms with Crippen LogP contribution in [0.5, 0.6) is 0 Å². The summed E-state index contributed by atoms with van der Waals surface area (Å²) in [7, 11) is -5.81. The molecular formula is C95H177O25P. The normalized spacial score (nSPS) is 25.2. The van der Waals surface area contributed by atoms with Crippen LogP contribution in [0.3, 0.4) is 0 Å². The van der Waals surface area contributed by atoms with Crippen LogP contribution in [0, 0.1) is 11.8 Å². The number of allylic oxidation sites excluding steroid dienone is 2. The number of aliphatic hydroxyl groups excluding tert-OH is 9. The zero-order valence-corrected chi connectivity index (χ0v) is 77.3. The van der Waals surface area contributed by atoms with E-state index in [0.29, 0.717) is 43.9 Å². The molecule has 2 aliphatic heterocycles. The zero-order valence-electron chi connectivity index (χ0n) is 76.4. The lowest BCUT2D eigenvalue weighted by atomic mass is 9.84. The van der Waals surface area contributed by atoms with Gasteiger partial charge in [-0.15, -0.1) is 0 Å². The second-order valence-corrected chi connectivity index (χ2v) is 37.2. The topological polar surface area (TPSA) is 380 Å². The zero-order chi connectivity index (χ0) is 88.5. The molecule has 26 heteroatoms. The van der Waals surface area contributed by atoms with E-state index in [1.54, 1.807) is 0 Å². The second kappa shape index (κ2) is 72.1. The summed E-state index contributed by atoms with van der Waals surface area (Å²) in [5.74, 6) is -1.60. The molecule has 0 radical (unpaired) electrons. The smallest absolute Gasteiger partial charge is 0.463 e. The molecule has 0 aromatic heterocycles. The Labute approximate surface area is 731 Å². The van der Waals surface area contributed by atoms with Crippen LogP contribution >= 0.6 is 7.82 Å². The van der Waals surface area contributed by atoms with Crippen molar-refractivity contribution in [3.8, 4) is 0 Å². The average molecular weight is 1750 g/mol. The molecule has 25 nitrogen and oxygen atoms in total. The monoisotopic (exact) mass is 1750 g/mol. The van der Waals surface area contributed by atoms with Crippen LogP contribution in [0.2, 0.25) is 0 Å². The fourth-order valence-electron chi connectivity index (χ4n) is 16.6. The minimum atomic E-state index is -5.81. The van der Waals surface area contributed by atoms with E-state index in [4.69, 9.17) is 46.9 Å². The highest BCUT2D eigenvalue weighted by atomic mass is 31.2. The van der Waals surface area contributed by atoms with Crippen molar-refractivity contribution in [1.82, 2.24) is 0 Å².